The Morgan fingerprint density at radius 2 is 2.07 bits per heavy atom. The van der Waals surface area contributed by atoms with E-state index in [0.29, 0.717) is 17.7 Å². The molecule has 29 heavy (non-hydrogen) atoms. The van der Waals surface area contributed by atoms with Crippen molar-refractivity contribution in [3.63, 3.8) is 0 Å². The van der Waals surface area contributed by atoms with Crippen molar-refractivity contribution < 1.29 is 14.6 Å². The summed E-state index contributed by atoms with van der Waals surface area (Å²) >= 11 is 0. The number of carbonyl (C=O) groups is 1. The highest BCUT2D eigenvalue weighted by Crippen LogP contribution is 2.29. The number of ether oxygens (including phenoxy) is 1. The molecule has 156 valence electrons. The predicted octanol–water partition coefficient (Wildman–Crippen LogP) is 1.37. The summed E-state index contributed by atoms with van der Waals surface area (Å²) in [7, 11) is 1.79. The van der Waals surface area contributed by atoms with Crippen LogP contribution in [0.25, 0.3) is 0 Å². The van der Waals surface area contributed by atoms with Crippen LogP contribution in [0, 0.1) is 0 Å². The Labute approximate surface area is 170 Å². The minimum atomic E-state index is -0.693. The van der Waals surface area contributed by atoms with Gasteiger partial charge in [-0.3, -0.25) is 19.4 Å². The van der Waals surface area contributed by atoms with Crippen LogP contribution in [-0.2, 0) is 7.05 Å². The molecule has 4 atom stereocenters. The number of likely N-dealkylation sites (tertiary alicyclic amines) is 1. The normalized spacial score (nSPS) is 28.1. The van der Waals surface area contributed by atoms with Crippen molar-refractivity contribution in [2.24, 2.45) is 7.05 Å². The first-order valence-corrected chi connectivity index (χ1v) is 10.4. The molecule has 0 aromatic carbocycles. The summed E-state index contributed by atoms with van der Waals surface area (Å²) in [5.74, 6) is 0.510. The van der Waals surface area contributed by atoms with Gasteiger partial charge >= 0.3 is 0 Å². The van der Waals surface area contributed by atoms with Gasteiger partial charge in [-0.05, 0) is 50.9 Å². The van der Waals surface area contributed by atoms with Crippen molar-refractivity contribution in [2.75, 3.05) is 13.1 Å². The van der Waals surface area contributed by atoms with Gasteiger partial charge in [0.2, 0.25) is 0 Å². The maximum absolute atomic E-state index is 12.7. The molecule has 3 heterocycles. The van der Waals surface area contributed by atoms with Gasteiger partial charge in [0, 0.05) is 25.5 Å². The maximum atomic E-state index is 12.7. The lowest BCUT2D eigenvalue weighted by Gasteiger charge is -2.47. The van der Waals surface area contributed by atoms with Crippen LogP contribution in [0.4, 0.5) is 0 Å². The Kier molecular flexibility index (Phi) is 6.10. The molecule has 8 nitrogen and oxygen atoms in total. The average molecular weight is 399 g/mol. The first kappa shape index (κ1) is 19.8. The fourth-order valence-corrected chi connectivity index (χ4v) is 4.50. The number of pyridine rings is 1. The lowest BCUT2D eigenvalue weighted by atomic mass is 9.83. The minimum Gasteiger partial charge on any atom is -0.486 e. The number of aromatic nitrogens is 3. The number of piperidine rings is 1. The molecule has 4 rings (SSSR count). The Morgan fingerprint density at radius 1 is 1.24 bits per heavy atom. The molecule has 2 aromatic rings. The fourth-order valence-electron chi connectivity index (χ4n) is 4.50. The molecule has 1 saturated carbocycles. The van der Waals surface area contributed by atoms with E-state index in [2.05, 4.69) is 20.3 Å². The number of aliphatic hydroxyl groups excluding tert-OH is 1. The lowest BCUT2D eigenvalue weighted by Crippen LogP contribution is -2.64. The fraction of sp³-hybridized carbons (Fsp3) is 0.571. The Bertz CT molecular complexity index is 806. The summed E-state index contributed by atoms with van der Waals surface area (Å²) in [6.07, 6.45) is 10.5. The number of aryl methyl sites for hydroxylation is 1. The quantitative estimate of drug-likeness (QED) is 0.789. The number of amides is 1. The van der Waals surface area contributed by atoms with E-state index in [-0.39, 0.29) is 24.1 Å². The van der Waals surface area contributed by atoms with E-state index in [4.69, 9.17) is 4.74 Å². The summed E-state index contributed by atoms with van der Waals surface area (Å²) in [6.45, 7) is 1.86. The summed E-state index contributed by atoms with van der Waals surface area (Å²) in [5.41, 5.74) is 0.535. The van der Waals surface area contributed by atoms with Gasteiger partial charge in [0.25, 0.3) is 5.91 Å². The second-order valence-electron chi connectivity index (χ2n) is 7.98. The number of nitrogens with zero attached hydrogens (tertiary/aromatic N) is 4. The van der Waals surface area contributed by atoms with Gasteiger partial charge in [0.05, 0.1) is 24.0 Å². The second-order valence-corrected chi connectivity index (χ2v) is 7.98. The first-order chi connectivity index (χ1) is 14.1. The zero-order valence-electron chi connectivity index (χ0n) is 16.8. The van der Waals surface area contributed by atoms with Gasteiger partial charge in [-0.1, -0.05) is 6.42 Å². The van der Waals surface area contributed by atoms with Crippen LogP contribution in [0.3, 0.4) is 0 Å². The van der Waals surface area contributed by atoms with Gasteiger partial charge in [-0.2, -0.15) is 5.10 Å². The van der Waals surface area contributed by atoms with E-state index < -0.39 is 6.10 Å². The van der Waals surface area contributed by atoms with Gasteiger partial charge in [0.1, 0.15) is 18.0 Å². The number of aliphatic hydroxyl groups is 1. The van der Waals surface area contributed by atoms with Gasteiger partial charge < -0.3 is 15.2 Å². The number of rotatable bonds is 5. The van der Waals surface area contributed by atoms with Gasteiger partial charge in [0.15, 0.2) is 0 Å². The summed E-state index contributed by atoms with van der Waals surface area (Å²) in [6, 6.07) is 3.37. The zero-order valence-corrected chi connectivity index (χ0v) is 16.8. The number of hydrogen-bond donors (Lipinski definition) is 2. The maximum Gasteiger partial charge on any atom is 0.254 e. The summed E-state index contributed by atoms with van der Waals surface area (Å²) < 4.78 is 7.68. The van der Waals surface area contributed by atoms with Crippen molar-refractivity contribution in [1.29, 1.82) is 0 Å². The summed E-state index contributed by atoms with van der Waals surface area (Å²) in [4.78, 5) is 19.1. The highest BCUT2D eigenvalue weighted by Gasteiger charge is 2.43. The monoisotopic (exact) mass is 399 g/mol. The molecule has 1 saturated heterocycles. The van der Waals surface area contributed by atoms with E-state index in [9.17, 15) is 9.90 Å². The van der Waals surface area contributed by atoms with Crippen LogP contribution >= 0.6 is 0 Å². The predicted molar refractivity (Wildman–Crippen MR) is 108 cm³/mol. The number of carbonyl (C=O) groups excluding carboxylic acids is 1. The van der Waals surface area contributed by atoms with Crippen molar-refractivity contribution in [1.82, 2.24) is 25.0 Å². The molecule has 0 unspecified atom stereocenters. The zero-order chi connectivity index (χ0) is 20.2. The molecule has 1 aliphatic heterocycles. The minimum absolute atomic E-state index is 0.135. The topological polar surface area (TPSA) is 92.5 Å². The molecule has 2 N–H and O–H groups in total. The van der Waals surface area contributed by atoms with Crippen LogP contribution in [0.5, 0.6) is 5.75 Å². The van der Waals surface area contributed by atoms with Crippen molar-refractivity contribution in [3.8, 4) is 5.75 Å². The van der Waals surface area contributed by atoms with Gasteiger partial charge in [-0.25, -0.2) is 0 Å². The van der Waals surface area contributed by atoms with Crippen LogP contribution in [-0.4, -0.2) is 68.1 Å². The van der Waals surface area contributed by atoms with Crippen molar-refractivity contribution in [2.45, 2.75) is 56.4 Å². The standard InChI is InChI=1S/C21H29N5O3/c1-25-14-15(12-23-25)21(28)24-17-7-8-18(29-16-6-5-9-22-13-16)20(27)19(17)26-10-3-2-4-11-26/h5-6,9,12-14,17-20,27H,2-4,7-8,10-11H2,1H3,(H,24,28)/t17-,18-,19+,20+/m1/s1. The molecule has 2 fully saturated rings. The first-order valence-electron chi connectivity index (χ1n) is 10.4. The van der Waals surface area contributed by atoms with E-state index in [1.54, 1.807) is 36.5 Å². The van der Waals surface area contributed by atoms with Crippen molar-refractivity contribution >= 4 is 5.91 Å². The third-order valence-electron chi connectivity index (χ3n) is 5.92. The SMILES string of the molecule is Cn1cc(C(=O)N[C@@H]2CC[C@@H](Oc3cccnc3)[C@H](O)[C@H]2N2CCCCC2)cn1. The molecule has 0 spiro atoms. The molecule has 1 aliphatic carbocycles. The molecular formula is C21H29N5O3. The Hall–Kier alpha value is -2.45. The van der Waals surface area contributed by atoms with Crippen LogP contribution in [0.15, 0.2) is 36.9 Å². The Balaban J connectivity index is 1.50. The van der Waals surface area contributed by atoms with Gasteiger partial charge in [-0.15, -0.1) is 0 Å². The summed E-state index contributed by atoms with van der Waals surface area (Å²) in [5, 5.41) is 18.5. The van der Waals surface area contributed by atoms with E-state index in [0.717, 1.165) is 32.4 Å². The molecule has 2 aliphatic rings. The highest BCUT2D eigenvalue weighted by atomic mass is 16.5. The van der Waals surface area contributed by atoms with Crippen LogP contribution in [0.2, 0.25) is 0 Å². The van der Waals surface area contributed by atoms with E-state index >= 15 is 0 Å². The molecule has 0 radical (unpaired) electrons. The van der Waals surface area contributed by atoms with Crippen molar-refractivity contribution in [3.05, 3.63) is 42.5 Å². The molecule has 2 aromatic heterocycles. The smallest absolute Gasteiger partial charge is 0.254 e. The van der Waals surface area contributed by atoms with E-state index in [1.165, 1.54) is 6.42 Å². The Morgan fingerprint density at radius 3 is 2.76 bits per heavy atom. The highest BCUT2D eigenvalue weighted by molar-refractivity contribution is 5.93. The lowest BCUT2D eigenvalue weighted by molar-refractivity contribution is -0.0694. The molecule has 8 heteroatoms. The average Bonchev–Trinajstić information content (AvgIpc) is 3.18. The van der Waals surface area contributed by atoms with E-state index in [1.807, 2.05) is 12.1 Å². The number of nitrogens with one attached hydrogen (secondary N) is 1. The largest absolute Gasteiger partial charge is 0.486 e. The second kappa shape index (κ2) is 8.92. The molecule has 0 bridgehead atoms. The number of hydrogen-bond acceptors (Lipinski definition) is 6. The van der Waals surface area contributed by atoms with Crippen LogP contribution in [0.1, 0.15) is 42.5 Å². The third kappa shape index (κ3) is 4.59. The van der Waals surface area contributed by atoms with Crippen LogP contribution < -0.4 is 10.1 Å². The molecule has 1 amide bonds. The third-order valence-corrected chi connectivity index (χ3v) is 5.92. The molecular weight excluding hydrogens is 370 g/mol.